The first-order valence-electron chi connectivity index (χ1n) is 9.79. The highest BCUT2D eigenvalue weighted by Crippen LogP contribution is 2.28. The molecule has 0 aliphatic carbocycles. The molecule has 1 aromatic heterocycles. The second-order valence-corrected chi connectivity index (χ2v) is 7.40. The molecule has 1 fully saturated rings. The number of hydrogen-bond acceptors (Lipinski definition) is 3. The minimum absolute atomic E-state index is 0.122. The maximum Gasteiger partial charge on any atom is 0.226 e. The Balaban J connectivity index is 1.36. The van der Waals surface area contributed by atoms with Crippen molar-refractivity contribution in [3.8, 4) is 5.75 Å². The number of benzene rings is 2. The lowest BCUT2D eigenvalue weighted by molar-refractivity contribution is -0.131. The van der Waals surface area contributed by atoms with Crippen LogP contribution in [0.5, 0.6) is 5.75 Å². The molecule has 0 radical (unpaired) electrons. The molecule has 1 aliphatic rings. The molecule has 0 unspecified atom stereocenters. The molecule has 0 atom stereocenters. The molecule has 1 saturated heterocycles. The number of phenolic OH excluding ortho intramolecular Hbond substituents is 1. The number of aromatic nitrogens is 2. The number of amides is 1. The molecule has 0 spiro atoms. The smallest absolute Gasteiger partial charge is 0.226 e. The first-order valence-corrected chi connectivity index (χ1v) is 9.79. The quantitative estimate of drug-likeness (QED) is 0.741. The Kier molecular flexibility index (Phi) is 5.42. The first-order chi connectivity index (χ1) is 13.7. The molecule has 2 heterocycles. The van der Waals surface area contributed by atoms with E-state index in [-0.39, 0.29) is 11.7 Å². The van der Waals surface area contributed by atoms with Gasteiger partial charge in [-0.1, -0.05) is 42.5 Å². The summed E-state index contributed by atoms with van der Waals surface area (Å²) in [6, 6.07) is 17.3. The van der Waals surface area contributed by atoms with E-state index in [1.54, 1.807) is 18.2 Å². The molecule has 2 aromatic carbocycles. The number of phenols is 1. The maximum absolute atomic E-state index is 12.6. The number of rotatable bonds is 5. The summed E-state index contributed by atoms with van der Waals surface area (Å²) in [7, 11) is 0. The average molecular weight is 375 g/mol. The van der Waals surface area contributed by atoms with E-state index >= 15 is 0 Å². The Hall–Kier alpha value is -3.08. The van der Waals surface area contributed by atoms with E-state index in [9.17, 15) is 9.90 Å². The van der Waals surface area contributed by atoms with Crippen molar-refractivity contribution in [2.45, 2.75) is 31.7 Å². The number of carbonyl (C=O) groups is 1. The van der Waals surface area contributed by atoms with Gasteiger partial charge in [0.15, 0.2) is 0 Å². The van der Waals surface area contributed by atoms with Gasteiger partial charge in [-0.15, -0.1) is 0 Å². The summed E-state index contributed by atoms with van der Waals surface area (Å²) in [6.45, 7) is 2.33. The van der Waals surface area contributed by atoms with Crippen LogP contribution < -0.4 is 0 Å². The third kappa shape index (κ3) is 4.25. The molecular formula is C23H25N3O2. The minimum atomic E-state index is 0.122. The van der Waals surface area contributed by atoms with Crippen molar-refractivity contribution >= 4 is 5.91 Å². The van der Waals surface area contributed by atoms with E-state index in [1.165, 1.54) is 5.56 Å². The number of nitrogens with zero attached hydrogens (tertiary/aromatic N) is 3. The summed E-state index contributed by atoms with van der Waals surface area (Å²) in [4.78, 5) is 19.2. The summed E-state index contributed by atoms with van der Waals surface area (Å²) >= 11 is 0. The van der Waals surface area contributed by atoms with Crippen LogP contribution in [0.3, 0.4) is 0 Å². The Morgan fingerprint density at radius 2 is 1.79 bits per heavy atom. The summed E-state index contributed by atoms with van der Waals surface area (Å²) in [5.74, 6) is 1.82. The number of imidazole rings is 1. The summed E-state index contributed by atoms with van der Waals surface area (Å²) < 4.78 is 2.23. The predicted octanol–water partition coefficient (Wildman–Crippen LogP) is 3.59. The summed E-state index contributed by atoms with van der Waals surface area (Å²) in [5, 5.41) is 9.57. The van der Waals surface area contributed by atoms with Crippen molar-refractivity contribution in [3.05, 3.63) is 83.9 Å². The zero-order valence-electron chi connectivity index (χ0n) is 15.9. The third-order valence-electron chi connectivity index (χ3n) is 5.42. The van der Waals surface area contributed by atoms with Gasteiger partial charge in [0.05, 0.1) is 6.42 Å². The van der Waals surface area contributed by atoms with E-state index in [4.69, 9.17) is 0 Å². The van der Waals surface area contributed by atoms with Crippen LogP contribution in [-0.4, -0.2) is 38.6 Å². The van der Waals surface area contributed by atoms with Crippen LogP contribution in [0, 0.1) is 0 Å². The number of carbonyl (C=O) groups excluding carboxylic acids is 1. The van der Waals surface area contributed by atoms with E-state index in [1.807, 2.05) is 29.4 Å². The van der Waals surface area contributed by atoms with Gasteiger partial charge in [-0.2, -0.15) is 0 Å². The van der Waals surface area contributed by atoms with E-state index in [0.717, 1.165) is 43.9 Å². The molecule has 5 nitrogen and oxygen atoms in total. The topological polar surface area (TPSA) is 58.4 Å². The fourth-order valence-electron chi connectivity index (χ4n) is 3.93. The molecule has 5 heteroatoms. The van der Waals surface area contributed by atoms with E-state index in [0.29, 0.717) is 12.3 Å². The van der Waals surface area contributed by atoms with E-state index < -0.39 is 0 Å². The standard InChI is InChI=1S/C23H25N3O2/c27-21-8-4-7-19(15-21)16-22(28)25-12-9-20(10-13-25)23-24-11-14-26(23)17-18-5-2-1-3-6-18/h1-8,11,14-15,20,27H,9-10,12-13,16-17H2. The number of piperidine rings is 1. The third-order valence-corrected chi connectivity index (χ3v) is 5.42. The zero-order chi connectivity index (χ0) is 19.3. The van der Waals surface area contributed by atoms with Gasteiger partial charge in [0.1, 0.15) is 11.6 Å². The van der Waals surface area contributed by atoms with Gasteiger partial charge in [-0.05, 0) is 36.1 Å². The van der Waals surface area contributed by atoms with Crippen molar-refractivity contribution in [3.63, 3.8) is 0 Å². The molecule has 28 heavy (non-hydrogen) atoms. The molecule has 144 valence electrons. The lowest BCUT2D eigenvalue weighted by atomic mass is 9.95. The average Bonchev–Trinajstić information content (AvgIpc) is 3.17. The van der Waals surface area contributed by atoms with Crippen LogP contribution in [0.1, 0.15) is 35.7 Å². The Bertz CT molecular complexity index is 928. The minimum Gasteiger partial charge on any atom is -0.508 e. The number of likely N-dealkylation sites (tertiary alicyclic amines) is 1. The Morgan fingerprint density at radius 3 is 2.54 bits per heavy atom. The molecule has 4 rings (SSSR count). The fourth-order valence-corrected chi connectivity index (χ4v) is 3.93. The predicted molar refractivity (Wildman–Crippen MR) is 108 cm³/mol. The normalized spacial score (nSPS) is 14.9. The Labute approximate surface area is 165 Å². The van der Waals surface area contributed by atoms with Crippen molar-refractivity contribution in [2.75, 3.05) is 13.1 Å². The van der Waals surface area contributed by atoms with Crippen LogP contribution in [0.15, 0.2) is 67.0 Å². The molecule has 1 amide bonds. The van der Waals surface area contributed by atoms with E-state index in [2.05, 4.69) is 33.8 Å². The van der Waals surface area contributed by atoms with Gasteiger partial charge >= 0.3 is 0 Å². The first kappa shape index (κ1) is 18.3. The van der Waals surface area contributed by atoms with Gasteiger partial charge in [-0.3, -0.25) is 4.79 Å². The summed E-state index contributed by atoms with van der Waals surface area (Å²) in [6.07, 6.45) is 6.11. The zero-order valence-corrected chi connectivity index (χ0v) is 15.9. The van der Waals surface area contributed by atoms with Gasteiger partial charge in [0, 0.05) is 37.9 Å². The summed E-state index contributed by atoms with van der Waals surface area (Å²) in [5.41, 5.74) is 2.12. The second kappa shape index (κ2) is 8.30. The molecule has 1 aliphatic heterocycles. The Morgan fingerprint density at radius 1 is 1.04 bits per heavy atom. The van der Waals surface area contributed by atoms with Crippen LogP contribution in [0.2, 0.25) is 0 Å². The highest BCUT2D eigenvalue weighted by Gasteiger charge is 2.26. The largest absolute Gasteiger partial charge is 0.508 e. The molecular weight excluding hydrogens is 350 g/mol. The van der Waals surface area contributed by atoms with Gasteiger partial charge < -0.3 is 14.6 Å². The lowest BCUT2D eigenvalue weighted by Gasteiger charge is -2.32. The monoisotopic (exact) mass is 375 g/mol. The molecule has 0 saturated carbocycles. The second-order valence-electron chi connectivity index (χ2n) is 7.40. The highest BCUT2D eigenvalue weighted by molar-refractivity contribution is 5.79. The van der Waals surface area contributed by atoms with Gasteiger partial charge in [0.25, 0.3) is 0 Å². The van der Waals surface area contributed by atoms with Gasteiger partial charge in [0.2, 0.25) is 5.91 Å². The van der Waals surface area contributed by atoms with Crippen molar-refractivity contribution < 1.29 is 9.90 Å². The van der Waals surface area contributed by atoms with Gasteiger partial charge in [-0.25, -0.2) is 4.98 Å². The molecule has 1 N–H and O–H groups in total. The van der Waals surface area contributed by atoms with Crippen LogP contribution >= 0.6 is 0 Å². The highest BCUT2D eigenvalue weighted by atomic mass is 16.3. The van der Waals surface area contributed by atoms with Crippen LogP contribution in [0.25, 0.3) is 0 Å². The fraction of sp³-hybridized carbons (Fsp3) is 0.304. The van der Waals surface area contributed by atoms with Crippen molar-refractivity contribution in [2.24, 2.45) is 0 Å². The molecule has 3 aromatic rings. The molecule has 0 bridgehead atoms. The maximum atomic E-state index is 12.6. The number of hydrogen-bond donors (Lipinski definition) is 1. The van der Waals surface area contributed by atoms with Crippen LogP contribution in [-0.2, 0) is 17.8 Å². The SMILES string of the molecule is O=C(Cc1cccc(O)c1)N1CCC(c2nccn2Cc2ccccc2)CC1. The number of aromatic hydroxyl groups is 1. The van der Waals surface area contributed by atoms with Crippen LogP contribution in [0.4, 0.5) is 0 Å². The lowest BCUT2D eigenvalue weighted by Crippen LogP contribution is -2.39. The van der Waals surface area contributed by atoms with Crippen molar-refractivity contribution in [1.29, 1.82) is 0 Å². The van der Waals surface area contributed by atoms with Crippen molar-refractivity contribution in [1.82, 2.24) is 14.5 Å².